The van der Waals surface area contributed by atoms with Gasteiger partial charge in [-0.1, -0.05) is 30.0 Å². The lowest BCUT2D eigenvalue weighted by Gasteiger charge is -2.09. The third-order valence-corrected chi connectivity index (χ3v) is 4.38. The summed E-state index contributed by atoms with van der Waals surface area (Å²) >= 11 is 1.09. The summed E-state index contributed by atoms with van der Waals surface area (Å²) in [4.78, 5) is 12.0. The van der Waals surface area contributed by atoms with Crippen LogP contribution in [-0.2, 0) is 4.79 Å². The third-order valence-electron chi connectivity index (χ3n) is 3.45. The normalized spacial score (nSPS) is 10.8. The van der Waals surface area contributed by atoms with Crippen molar-refractivity contribution in [2.75, 3.05) is 11.1 Å². The van der Waals surface area contributed by atoms with E-state index >= 15 is 0 Å². The zero-order valence-corrected chi connectivity index (χ0v) is 14.4. The molecule has 0 aliphatic heterocycles. The average molecular weight is 378 g/mol. The monoisotopic (exact) mass is 378 g/mol. The van der Waals surface area contributed by atoms with Gasteiger partial charge in [0.15, 0.2) is 22.6 Å². The summed E-state index contributed by atoms with van der Waals surface area (Å²) in [6.07, 6.45) is 0. The van der Waals surface area contributed by atoms with E-state index in [9.17, 15) is 18.0 Å². The molecule has 0 unspecified atom stereocenters. The van der Waals surface area contributed by atoms with Crippen molar-refractivity contribution in [2.45, 2.75) is 12.1 Å². The first-order chi connectivity index (χ1) is 12.5. The van der Waals surface area contributed by atoms with Crippen molar-refractivity contribution in [3.05, 3.63) is 65.7 Å². The first kappa shape index (κ1) is 18.0. The van der Waals surface area contributed by atoms with Crippen LogP contribution < -0.4 is 5.32 Å². The zero-order chi connectivity index (χ0) is 18.7. The van der Waals surface area contributed by atoms with Crippen LogP contribution >= 0.6 is 11.8 Å². The van der Waals surface area contributed by atoms with Crippen molar-refractivity contribution >= 4 is 23.4 Å². The van der Waals surface area contributed by atoms with E-state index in [-0.39, 0.29) is 5.75 Å². The van der Waals surface area contributed by atoms with Gasteiger partial charge in [-0.25, -0.2) is 13.2 Å². The summed E-state index contributed by atoms with van der Waals surface area (Å²) < 4.78 is 41.5. The number of aromatic nitrogens is 3. The molecule has 0 saturated heterocycles. The van der Waals surface area contributed by atoms with Crippen LogP contribution in [0.2, 0.25) is 0 Å². The highest BCUT2D eigenvalue weighted by Gasteiger charge is 2.17. The van der Waals surface area contributed by atoms with Gasteiger partial charge in [-0.3, -0.25) is 9.36 Å². The summed E-state index contributed by atoms with van der Waals surface area (Å²) in [7, 11) is 0. The van der Waals surface area contributed by atoms with Crippen molar-refractivity contribution in [3.63, 3.8) is 0 Å². The molecule has 0 fully saturated rings. The first-order valence-corrected chi connectivity index (χ1v) is 8.49. The van der Waals surface area contributed by atoms with Crippen molar-refractivity contribution in [2.24, 2.45) is 0 Å². The van der Waals surface area contributed by atoms with Gasteiger partial charge in [0.1, 0.15) is 5.82 Å². The maximum atomic E-state index is 13.6. The molecule has 1 heterocycles. The number of para-hydroxylation sites is 1. The van der Waals surface area contributed by atoms with E-state index in [1.807, 2.05) is 30.3 Å². The molecule has 1 aromatic heterocycles. The lowest BCUT2D eigenvalue weighted by atomic mass is 10.3. The second kappa shape index (κ2) is 7.61. The van der Waals surface area contributed by atoms with Gasteiger partial charge >= 0.3 is 0 Å². The number of nitrogens with one attached hydrogen (secondary N) is 1. The number of amides is 1. The number of hydrogen-bond donors (Lipinski definition) is 1. The van der Waals surface area contributed by atoms with Gasteiger partial charge in [-0.2, -0.15) is 0 Å². The molecule has 5 nitrogen and oxygen atoms in total. The number of halogens is 3. The molecule has 9 heteroatoms. The maximum Gasteiger partial charge on any atom is 0.234 e. The fourth-order valence-electron chi connectivity index (χ4n) is 2.25. The largest absolute Gasteiger partial charge is 0.323 e. The van der Waals surface area contributed by atoms with E-state index < -0.39 is 29.0 Å². The molecular weight excluding hydrogens is 365 g/mol. The topological polar surface area (TPSA) is 59.8 Å². The number of carbonyl (C=O) groups excluding carboxylic acids is 1. The highest BCUT2D eigenvalue weighted by Crippen LogP contribution is 2.23. The highest BCUT2D eigenvalue weighted by atomic mass is 32.2. The lowest BCUT2D eigenvalue weighted by Crippen LogP contribution is -2.16. The maximum absolute atomic E-state index is 13.6. The van der Waals surface area contributed by atoms with Gasteiger partial charge in [0.25, 0.3) is 0 Å². The fraction of sp³-hybridized carbons (Fsp3) is 0.118. The smallest absolute Gasteiger partial charge is 0.234 e. The molecule has 0 radical (unpaired) electrons. The number of anilines is 1. The Bertz CT molecular complexity index is 947. The minimum absolute atomic E-state index is 0.108. The summed E-state index contributed by atoms with van der Waals surface area (Å²) in [6.45, 7) is 1.78. The predicted octanol–water partition coefficient (Wildman–Crippen LogP) is 3.72. The van der Waals surface area contributed by atoms with Gasteiger partial charge in [0.05, 0.1) is 11.4 Å². The Morgan fingerprint density at radius 1 is 1.08 bits per heavy atom. The van der Waals surface area contributed by atoms with E-state index in [1.165, 1.54) is 0 Å². The van der Waals surface area contributed by atoms with Crippen molar-refractivity contribution in [1.29, 1.82) is 0 Å². The van der Waals surface area contributed by atoms with Crippen LogP contribution in [0.4, 0.5) is 18.9 Å². The molecule has 2 aromatic carbocycles. The number of nitrogens with zero attached hydrogens (tertiary/aromatic N) is 3. The van der Waals surface area contributed by atoms with Gasteiger partial charge in [-0.05, 0) is 31.2 Å². The second-order valence-corrected chi connectivity index (χ2v) is 6.20. The second-order valence-electron chi connectivity index (χ2n) is 5.26. The van der Waals surface area contributed by atoms with E-state index in [1.54, 1.807) is 11.5 Å². The SMILES string of the molecule is Cc1nnc(SCC(=O)Nc2ccc(F)c(F)c2F)n1-c1ccccc1. The standard InChI is InChI=1S/C17H13F3N4OS/c1-10-22-23-17(24(10)11-5-3-2-4-6-11)26-9-14(25)21-13-8-7-12(18)15(19)16(13)20/h2-8H,9H2,1H3,(H,21,25). The van der Waals surface area contributed by atoms with E-state index in [4.69, 9.17) is 0 Å². The molecule has 0 atom stereocenters. The summed E-state index contributed by atoms with van der Waals surface area (Å²) in [5.41, 5.74) is 0.416. The van der Waals surface area contributed by atoms with Gasteiger partial charge in [0, 0.05) is 5.69 Å². The van der Waals surface area contributed by atoms with Crippen LogP contribution in [0, 0.1) is 24.4 Å². The Balaban J connectivity index is 1.71. The molecule has 1 amide bonds. The Kier molecular flexibility index (Phi) is 5.27. The molecular formula is C17H13F3N4OS. The molecule has 1 N–H and O–H groups in total. The van der Waals surface area contributed by atoms with Gasteiger partial charge in [0.2, 0.25) is 5.91 Å². The Morgan fingerprint density at radius 2 is 1.81 bits per heavy atom. The predicted molar refractivity (Wildman–Crippen MR) is 91.8 cm³/mol. The van der Waals surface area contributed by atoms with Crippen LogP contribution in [0.5, 0.6) is 0 Å². The fourth-order valence-corrected chi connectivity index (χ4v) is 3.05. The minimum atomic E-state index is -1.63. The van der Waals surface area contributed by atoms with E-state index in [0.29, 0.717) is 11.0 Å². The first-order valence-electron chi connectivity index (χ1n) is 7.51. The Labute approximate surface area is 151 Å². The molecule has 0 spiro atoms. The molecule has 3 aromatic rings. The number of carbonyl (C=O) groups is 1. The van der Waals surface area contributed by atoms with Crippen molar-refractivity contribution < 1.29 is 18.0 Å². The van der Waals surface area contributed by atoms with Crippen LogP contribution in [-0.4, -0.2) is 26.4 Å². The highest BCUT2D eigenvalue weighted by molar-refractivity contribution is 7.99. The third kappa shape index (κ3) is 3.72. The van der Waals surface area contributed by atoms with Crippen molar-refractivity contribution in [1.82, 2.24) is 14.8 Å². The molecule has 3 rings (SSSR count). The molecule has 0 saturated carbocycles. The van der Waals surface area contributed by atoms with Crippen molar-refractivity contribution in [3.8, 4) is 5.69 Å². The number of thioether (sulfide) groups is 1. The number of hydrogen-bond acceptors (Lipinski definition) is 4. The Hall–Kier alpha value is -2.81. The lowest BCUT2D eigenvalue weighted by molar-refractivity contribution is -0.113. The zero-order valence-electron chi connectivity index (χ0n) is 13.5. The Morgan fingerprint density at radius 3 is 2.54 bits per heavy atom. The molecule has 0 aliphatic carbocycles. The van der Waals surface area contributed by atoms with E-state index in [0.717, 1.165) is 29.6 Å². The summed E-state index contributed by atoms with van der Waals surface area (Å²) in [5, 5.41) is 10.7. The molecule has 26 heavy (non-hydrogen) atoms. The summed E-state index contributed by atoms with van der Waals surface area (Å²) in [6, 6.07) is 11.1. The number of benzene rings is 2. The molecule has 134 valence electrons. The van der Waals surface area contributed by atoms with Crippen LogP contribution in [0.3, 0.4) is 0 Å². The van der Waals surface area contributed by atoms with Crippen LogP contribution in [0.1, 0.15) is 5.82 Å². The van der Waals surface area contributed by atoms with E-state index in [2.05, 4.69) is 15.5 Å². The number of rotatable bonds is 5. The van der Waals surface area contributed by atoms with Gasteiger partial charge < -0.3 is 5.32 Å². The van der Waals surface area contributed by atoms with Crippen LogP contribution in [0.15, 0.2) is 47.6 Å². The number of aryl methyl sites for hydroxylation is 1. The summed E-state index contributed by atoms with van der Waals surface area (Å²) in [5.74, 6) is -4.43. The minimum Gasteiger partial charge on any atom is -0.323 e. The average Bonchev–Trinajstić information content (AvgIpc) is 3.02. The molecule has 0 aliphatic rings. The quantitative estimate of drug-likeness (QED) is 0.543. The van der Waals surface area contributed by atoms with Gasteiger partial charge in [-0.15, -0.1) is 10.2 Å². The van der Waals surface area contributed by atoms with Crippen LogP contribution in [0.25, 0.3) is 5.69 Å². The molecule has 0 bridgehead atoms.